The number of amides is 1. The molecule has 0 aromatic heterocycles. The van der Waals surface area contributed by atoms with Gasteiger partial charge in [0.05, 0.1) is 6.42 Å². The molecule has 4 nitrogen and oxygen atoms in total. The first-order chi connectivity index (χ1) is 14.6. The van der Waals surface area contributed by atoms with Crippen molar-refractivity contribution >= 4 is 17.6 Å². The molecule has 0 spiro atoms. The van der Waals surface area contributed by atoms with E-state index in [0.717, 1.165) is 0 Å². The highest BCUT2D eigenvalue weighted by atomic mass is 19.2. The number of benzene rings is 2. The molecule has 1 amide bonds. The van der Waals surface area contributed by atoms with Crippen LogP contribution in [0.4, 0.5) is 27.6 Å². The third-order valence-electron chi connectivity index (χ3n) is 5.64. The lowest BCUT2D eigenvalue weighted by atomic mass is 9.84. The minimum Gasteiger partial charge on any atom is -0.461 e. The minimum atomic E-state index is -2.32. The Morgan fingerprint density at radius 2 is 1.58 bits per heavy atom. The van der Waals surface area contributed by atoms with Crippen LogP contribution in [0, 0.1) is 34.5 Å². The number of rotatable bonds is 6. The molecule has 2 atom stereocenters. The molecule has 1 aliphatic rings. The zero-order valence-electron chi connectivity index (χ0n) is 16.9. The van der Waals surface area contributed by atoms with Gasteiger partial charge in [0.1, 0.15) is 12.3 Å². The van der Waals surface area contributed by atoms with Crippen LogP contribution in [0.1, 0.15) is 38.7 Å². The van der Waals surface area contributed by atoms with Crippen LogP contribution in [-0.4, -0.2) is 17.9 Å². The van der Waals surface area contributed by atoms with Crippen molar-refractivity contribution in [3.63, 3.8) is 0 Å². The molecular formula is C22H20F5NO3. The Kier molecular flexibility index (Phi) is 6.33. The highest BCUT2D eigenvalue weighted by Gasteiger charge is 2.51. The first kappa shape index (κ1) is 22.7. The first-order valence-electron chi connectivity index (χ1n) is 9.65. The summed E-state index contributed by atoms with van der Waals surface area (Å²) in [5.41, 5.74) is -1.78. The minimum absolute atomic E-state index is 0.0116. The van der Waals surface area contributed by atoms with Gasteiger partial charge >= 0.3 is 5.97 Å². The Labute approximate surface area is 175 Å². The number of esters is 1. The van der Waals surface area contributed by atoms with Gasteiger partial charge in [-0.3, -0.25) is 9.59 Å². The number of hydrogen-bond acceptors (Lipinski definition) is 3. The average molecular weight is 441 g/mol. The molecule has 2 aromatic rings. The molecule has 31 heavy (non-hydrogen) atoms. The molecule has 1 aliphatic heterocycles. The van der Waals surface area contributed by atoms with Crippen molar-refractivity contribution in [2.75, 3.05) is 4.90 Å². The van der Waals surface area contributed by atoms with Gasteiger partial charge in [-0.15, -0.1) is 0 Å². The average Bonchev–Trinajstić information content (AvgIpc) is 3.01. The van der Waals surface area contributed by atoms with Gasteiger partial charge in [-0.1, -0.05) is 44.2 Å². The fraction of sp³-hybridized carbons (Fsp3) is 0.364. The zero-order chi connectivity index (χ0) is 22.9. The topological polar surface area (TPSA) is 46.6 Å². The predicted molar refractivity (Wildman–Crippen MR) is 101 cm³/mol. The maximum absolute atomic E-state index is 14.4. The van der Waals surface area contributed by atoms with Gasteiger partial charge in [-0.25, -0.2) is 22.0 Å². The summed E-state index contributed by atoms with van der Waals surface area (Å²) in [6.07, 6.45) is -0.233. The summed E-state index contributed by atoms with van der Waals surface area (Å²) in [5.74, 6) is -12.5. The summed E-state index contributed by atoms with van der Waals surface area (Å²) in [4.78, 5) is 25.8. The smallest absolute Gasteiger partial charge is 0.308 e. The molecule has 1 saturated heterocycles. The Balaban J connectivity index is 1.92. The van der Waals surface area contributed by atoms with Gasteiger partial charge in [-0.05, 0) is 18.4 Å². The van der Waals surface area contributed by atoms with Crippen molar-refractivity contribution < 1.29 is 36.3 Å². The van der Waals surface area contributed by atoms with Crippen molar-refractivity contribution in [1.29, 1.82) is 0 Å². The summed E-state index contributed by atoms with van der Waals surface area (Å²) >= 11 is 0. The van der Waals surface area contributed by atoms with Gasteiger partial charge < -0.3 is 9.64 Å². The second kappa shape index (κ2) is 8.64. The fourth-order valence-electron chi connectivity index (χ4n) is 3.69. The van der Waals surface area contributed by atoms with Gasteiger partial charge in [0.25, 0.3) is 0 Å². The number of anilines is 1. The highest BCUT2D eigenvalue weighted by Crippen LogP contribution is 2.44. The number of carbonyl (C=O) groups excluding carboxylic acids is 2. The molecule has 0 aliphatic carbocycles. The lowest BCUT2D eigenvalue weighted by molar-refractivity contribution is -0.145. The zero-order valence-corrected chi connectivity index (χ0v) is 16.9. The van der Waals surface area contributed by atoms with Gasteiger partial charge in [0.15, 0.2) is 23.3 Å². The van der Waals surface area contributed by atoms with Crippen LogP contribution in [0.15, 0.2) is 30.3 Å². The van der Waals surface area contributed by atoms with Crippen molar-refractivity contribution in [3.8, 4) is 0 Å². The molecule has 0 saturated carbocycles. The van der Waals surface area contributed by atoms with E-state index < -0.39 is 64.5 Å². The number of hydrogen-bond donors (Lipinski definition) is 0. The fourth-order valence-corrected chi connectivity index (χ4v) is 3.69. The molecule has 3 rings (SSSR count). The van der Waals surface area contributed by atoms with E-state index in [2.05, 4.69) is 0 Å². The Morgan fingerprint density at radius 1 is 1.03 bits per heavy atom. The SMILES string of the molecule is CCC1(C)CC(CC(=O)OCc2ccccc2)N(c2c(F)c(F)c(F)c(F)c2F)C1=O. The standard InChI is InChI=1S/C22H20F5NO3/c1-3-22(2)10-13(9-14(29)31-11-12-7-5-4-6-8-12)28(21(22)30)20-18(26)16(24)15(23)17(25)19(20)27/h4-8,13H,3,9-11H2,1-2H3. The Hall–Kier alpha value is -2.97. The Morgan fingerprint density at radius 3 is 2.13 bits per heavy atom. The maximum Gasteiger partial charge on any atom is 0.308 e. The van der Waals surface area contributed by atoms with Crippen molar-refractivity contribution in [2.45, 2.75) is 45.8 Å². The molecule has 0 N–H and O–H groups in total. The maximum atomic E-state index is 14.4. The van der Waals surface area contributed by atoms with E-state index in [4.69, 9.17) is 4.74 Å². The second-order valence-electron chi connectivity index (χ2n) is 7.72. The van der Waals surface area contributed by atoms with E-state index in [1.54, 1.807) is 37.3 Å². The van der Waals surface area contributed by atoms with Crippen LogP contribution in [0.5, 0.6) is 0 Å². The third-order valence-corrected chi connectivity index (χ3v) is 5.64. The molecule has 166 valence electrons. The molecule has 2 unspecified atom stereocenters. The second-order valence-corrected chi connectivity index (χ2v) is 7.72. The third kappa shape index (κ3) is 4.13. The Bertz CT molecular complexity index is 985. The molecule has 2 aromatic carbocycles. The van der Waals surface area contributed by atoms with Crippen molar-refractivity contribution in [1.82, 2.24) is 0 Å². The summed E-state index contributed by atoms with van der Waals surface area (Å²) in [5, 5.41) is 0. The molecular weight excluding hydrogens is 421 g/mol. The molecule has 1 heterocycles. The molecule has 1 fully saturated rings. The van der Waals surface area contributed by atoms with Crippen LogP contribution in [-0.2, 0) is 20.9 Å². The molecule has 9 heteroatoms. The monoisotopic (exact) mass is 441 g/mol. The highest BCUT2D eigenvalue weighted by molar-refractivity contribution is 6.01. The normalized spacial score (nSPS) is 20.9. The van der Waals surface area contributed by atoms with E-state index in [1.807, 2.05) is 0 Å². The number of halogens is 5. The quantitative estimate of drug-likeness (QED) is 0.273. The van der Waals surface area contributed by atoms with E-state index in [1.165, 1.54) is 6.92 Å². The van der Waals surface area contributed by atoms with Crippen LogP contribution in [0.25, 0.3) is 0 Å². The summed E-state index contributed by atoms with van der Waals surface area (Å²) in [6.45, 7) is 3.11. The lowest BCUT2D eigenvalue weighted by Gasteiger charge is -2.26. The van der Waals surface area contributed by atoms with Crippen LogP contribution < -0.4 is 4.90 Å². The van der Waals surface area contributed by atoms with E-state index >= 15 is 0 Å². The first-order valence-corrected chi connectivity index (χ1v) is 9.65. The predicted octanol–water partition coefficient (Wildman–Crippen LogP) is 5.04. The van der Waals surface area contributed by atoms with Crippen LogP contribution in [0.3, 0.4) is 0 Å². The summed E-state index contributed by atoms with van der Waals surface area (Å²) in [7, 11) is 0. The molecule has 0 radical (unpaired) electrons. The van der Waals surface area contributed by atoms with Crippen LogP contribution in [0.2, 0.25) is 0 Å². The van der Waals surface area contributed by atoms with E-state index in [9.17, 15) is 31.5 Å². The summed E-state index contributed by atoms with van der Waals surface area (Å²) < 4.78 is 75.0. The number of carbonyl (C=O) groups is 2. The van der Waals surface area contributed by atoms with Crippen molar-refractivity contribution in [2.24, 2.45) is 5.41 Å². The molecule has 0 bridgehead atoms. The van der Waals surface area contributed by atoms with E-state index in [0.29, 0.717) is 10.5 Å². The van der Waals surface area contributed by atoms with Crippen molar-refractivity contribution in [3.05, 3.63) is 65.0 Å². The van der Waals surface area contributed by atoms with Gasteiger partial charge in [0.2, 0.25) is 11.7 Å². The van der Waals surface area contributed by atoms with E-state index in [-0.39, 0.29) is 19.4 Å². The lowest BCUT2D eigenvalue weighted by Crippen LogP contribution is -2.39. The summed E-state index contributed by atoms with van der Waals surface area (Å²) in [6, 6.07) is 7.59. The van der Waals surface area contributed by atoms with Crippen LogP contribution >= 0.6 is 0 Å². The largest absolute Gasteiger partial charge is 0.461 e. The van der Waals surface area contributed by atoms with Gasteiger partial charge in [-0.2, -0.15) is 0 Å². The van der Waals surface area contributed by atoms with Gasteiger partial charge in [0, 0.05) is 11.5 Å². The number of nitrogens with zero attached hydrogens (tertiary/aromatic N) is 1. The number of ether oxygens (including phenoxy) is 1.